The third-order valence-electron chi connectivity index (χ3n) is 3.98. The summed E-state index contributed by atoms with van der Waals surface area (Å²) < 4.78 is 34.0. The second-order valence-electron chi connectivity index (χ2n) is 5.70. The van der Waals surface area contributed by atoms with Crippen LogP contribution in [0.15, 0.2) is 58.3 Å². The van der Waals surface area contributed by atoms with Crippen LogP contribution in [0.4, 0.5) is 0 Å². The van der Waals surface area contributed by atoms with Crippen LogP contribution < -0.4 is 4.74 Å². The van der Waals surface area contributed by atoms with Crippen molar-refractivity contribution in [1.29, 1.82) is 0 Å². The second-order valence-corrected chi connectivity index (χ2v) is 8.81. The van der Waals surface area contributed by atoms with Crippen molar-refractivity contribution in [3.05, 3.63) is 59.7 Å². The number of para-hydroxylation sites is 1. The molecule has 3 aromatic rings. The van der Waals surface area contributed by atoms with Crippen molar-refractivity contribution < 1.29 is 13.2 Å². The van der Waals surface area contributed by atoms with Gasteiger partial charge in [0, 0.05) is 13.1 Å². The molecule has 0 unspecified atom stereocenters. The summed E-state index contributed by atoms with van der Waals surface area (Å²) in [5.74, 6) is 0.772. The number of hydrogen-bond donors (Lipinski definition) is 0. The van der Waals surface area contributed by atoms with E-state index in [1.165, 1.54) is 15.6 Å². The van der Waals surface area contributed by atoms with Gasteiger partial charge in [-0.2, -0.15) is 4.31 Å². The minimum absolute atomic E-state index is 0.00714. The molecule has 1 aliphatic rings. The molecule has 0 aliphatic carbocycles. The normalized spacial score (nSPS) is 15.8. The van der Waals surface area contributed by atoms with Gasteiger partial charge in [0.1, 0.15) is 22.3 Å². The van der Waals surface area contributed by atoms with Crippen LogP contribution >= 0.6 is 11.3 Å². The Morgan fingerprint density at radius 1 is 1.16 bits per heavy atom. The van der Waals surface area contributed by atoms with E-state index >= 15 is 0 Å². The number of nitrogens with zero attached hydrogens (tertiary/aromatic N) is 4. The maximum Gasteiger partial charge on any atom is 0.252 e. The summed E-state index contributed by atoms with van der Waals surface area (Å²) >= 11 is 1.23. The quantitative estimate of drug-likeness (QED) is 0.659. The van der Waals surface area contributed by atoms with E-state index in [2.05, 4.69) is 10.3 Å². The molecule has 4 rings (SSSR count). The van der Waals surface area contributed by atoms with Gasteiger partial charge in [-0.15, -0.1) is 16.4 Å². The van der Waals surface area contributed by atoms with Crippen molar-refractivity contribution in [1.82, 2.24) is 19.3 Å². The highest BCUT2D eigenvalue weighted by Gasteiger charge is 2.38. The Morgan fingerprint density at radius 2 is 1.96 bits per heavy atom. The maximum atomic E-state index is 12.4. The Balaban J connectivity index is 1.35. The molecule has 0 atom stereocenters. The van der Waals surface area contributed by atoms with Crippen molar-refractivity contribution in [2.24, 2.45) is 0 Å². The zero-order valence-corrected chi connectivity index (χ0v) is 14.9. The fourth-order valence-electron chi connectivity index (χ4n) is 2.55. The van der Waals surface area contributed by atoms with Gasteiger partial charge in [0.15, 0.2) is 0 Å². The molecule has 0 N–H and O–H groups in total. The number of hydrogen-bond acceptors (Lipinski definition) is 6. The number of sulfonamides is 1. The molecule has 1 saturated heterocycles. The van der Waals surface area contributed by atoms with Gasteiger partial charge in [-0.05, 0) is 23.6 Å². The first-order valence-electron chi connectivity index (χ1n) is 7.75. The van der Waals surface area contributed by atoms with Crippen LogP contribution in [0, 0.1) is 0 Å². The van der Waals surface area contributed by atoms with Crippen LogP contribution in [0.5, 0.6) is 5.75 Å². The molecule has 0 amide bonds. The molecule has 7 nitrogen and oxygen atoms in total. The number of ether oxygens (including phenoxy) is 1. The topological polar surface area (TPSA) is 77.3 Å². The lowest BCUT2D eigenvalue weighted by molar-refractivity contribution is 0.189. The van der Waals surface area contributed by atoms with Crippen molar-refractivity contribution in [2.75, 3.05) is 13.1 Å². The largest absolute Gasteiger partial charge is 0.487 e. The lowest BCUT2D eigenvalue weighted by atomic mass is 10.2. The van der Waals surface area contributed by atoms with Gasteiger partial charge in [0.25, 0.3) is 10.0 Å². The number of benzene rings is 1. The predicted molar refractivity (Wildman–Crippen MR) is 92.9 cm³/mol. The SMILES string of the molecule is O=S(=O)(c1cccs1)N1CC(n2cc(COc3ccccc3)nn2)C1. The van der Waals surface area contributed by atoms with E-state index in [4.69, 9.17) is 4.74 Å². The highest BCUT2D eigenvalue weighted by atomic mass is 32.2. The smallest absolute Gasteiger partial charge is 0.252 e. The molecule has 0 saturated carbocycles. The molecule has 25 heavy (non-hydrogen) atoms. The molecular formula is C16H16N4O3S2. The first-order chi connectivity index (χ1) is 12.1. The van der Waals surface area contributed by atoms with Crippen molar-refractivity contribution in [2.45, 2.75) is 16.9 Å². The summed E-state index contributed by atoms with van der Waals surface area (Å²) in [6.07, 6.45) is 1.81. The Morgan fingerprint density at radius 3 is 2.68 bits per heavy atom. The van der Waals surface area contributed by atoms with Gasteiger partial charge >= 0.3 is 0 Å². The number of aromatic nitrogens is 3. The van der Waals surface area contributed by atoms with Crippen LogP contribution in [0.3, 0.4) is 0 Å². The summed E-state index contributed by atoms with van der Waals surface area (Å²) in [5, 5.41) is 9.96. The summed E-state index contributed by atoms with van der Waals surface area (Å²) in [6, 6.07) is 12.9. The molecule has 9 heteroatoms. The Bertz CT molecular complexity index is 933. The van der Waals surface area contributed by atoms with E-state index in [9.17, 15) is 8.42 Å². The number of rotatable bonds is 6. The molecule has 0 radical (unpaired) electrons. The third kappa shape index (κ3) is 3.30. The fraction of sp³-hybridized carbons (Fsp3) is 0.250. The lowest BCUT2D eigenvalue weighted by Gasteiger charge is -2.37. The molecule has 2 aromatic heterocycles. The molecule has 0 bridgehead atoms. The van der Waals surface area contributed by atoms with E-state index in [1.807, 2.05) is 36.5 Å². The van der Waals surface area contributed by atoms with Gasteiger partial charge in [0.05, 0.1) is 12.2 Å². The van der Waals surface area contributed by atoms with Gasteiger partial charge < -0.3 is 4.74 Å². The molecule has 130 valence electrons. The zero-order chi connectivity index (χ0) is 17.3. The summed E-state index contributed by atoms with van der Waals surface area (Å²) in [7, 11) is -3.37. The van der Waals surface area contributed by atoms with Gasteiger partial charge in [-0.25, -0.2) is 13.1 Å². The van der Waals surface area contributed by atoms with E-state index < -0.39 is 10.0 Å². The predicted octanol–water partition coefficient (Wildman–Crippen LogP) is 2.16. The van der Waals surface area contributed by atoms with Crippen molar-refractivity contribution in [3.63, 3.8) is 0 Å². The first kappa shape index (κ1) is 16.2. The van der Waals surface area contributed by atoms with E-state index in [0.717, 1.165) is 5.75 Å². The van der Waals surface area contributed by atoms with Crippen LogP contribution in [0.25, 0.3) is 0 Å². The minimum atomic E-state index is -3.37. The standard InChI is InChI=1S/C16H16N4O3S2/c21-25(22,16-7-4-8-24-16)19-10-14(11-19)20-9-13(17-18-20)12-23-15-5-2-1-3-6-15/h1-9,14H,10-12H2. The molecule has 0 spiro atoms. The second kappa shape index (κ2) is 6.58. The molecular weight excluding hydrogens is 360 g/mol. The van der Waals surface area contributed by atoms with Crippen LogP contribution in [0.2, 0.25) is 0 Å². The fourth-order valence-corrected chi connectivity index (χ4v) is 5.21. The molecule has 1 fully saturated rings. The average molecular weight is 376 g/mol. The first-order valence-corrected chi connectivity index (χ1v) is 10.1. The summed E-state index contributed by atoms with van der Waals surface area (Å²) in [5.41, 5.74) is 0.711. The summed E-state index contributed by atoms with van der Waals surface area (Å²) in [6.45, 7) is 1.14. The maximum absolute atomic E-state index is 12.4. The molecule has 1 aliphatic heterocycles. The Labute approximate surface area is 149 Å². The van der Waals surface area contributed by atoms with Gasteiger partial charge in [-0.3, -0.25) is 0 Å². The minimum Gasteiger partial charge on any atom is -0.487 e. The third-order valence-corrected chi connectivity index (χ3v) is 7.18. The molecule has 3 heterocycles. The number of thiophene rings is 1. The Kier molecular flexibility index (Phi) is 4.28. The van der Waals surface area contributed by atoms with Crippen LogP contribution in [0.1, 0.15) is 11.7 Å². The highest BCUT2D eigenvalue weighted by molar-refractivity contribution is 7.91. The Hall–Kier alpha value is -2.23. The van der Waals surface area contributed by atoms with Gasteiger partial charge in [-0.1, -0.05) is 29.5 Å². The van der Waals surface area contributed by atoms with Crippen LogP contribution in [-0.4, -0.2) is 40.8 Å². The van der Waals surface area contributed by atoms with E-state index in [1.54, 1.807) is 22.2 Å². The van der Waals surface area contributed by atoms with Crippen molar-refractivity contribution in [3.8, 4) is 5.75 Å². The van der Waals surface area contributed by atoms with Crippen molar-refractivity contribution >= 4 is 21.4 Å². The van der Waals surface area contributed by atoms with Crippen LogP contribution in [-0.2, 0) is 16.6 Å². The van der Waals surface area contributed by atoms with E-state index in [-0.39, 0.29) is 6.04 Å². The van der Waals surface area contributed by atoms with E-state index in [0.29, 0.717) is 29.6 Å². The average Bonchev–Trinajstić information content (AvgIpc) is 3.25. The monoisotopic (exact) mass is 376 g/mol. The highest BCUT2D eigenvalue weighted by Crippen LogP contribution is 2.29. The zero-order valence-electron chi connectivity index (χ0n) is 13.2. The summed E-state index contributed by atoms with van der Waals surface area (Å²) in [4.78, 5) is 0. The molecule has 1 aromatic carbocycles. The lowest BCUT2D eigenvalue weighted by Crippen LogP contribution is -2.50. The van der Waals surface area contributed by atoms with Gasteiger partial charge in [0.2, 0.25) is 0 Å².